The molecule has 7 heteroatoms. The second-order valence-electron chi connectivity index (χ2n) is 6.21. The topological polar surface area (TPSA) is 87.2 Å². The van der Waals surface area contributed by atoms with E-state index in [0.717, 1.165) is 23.3 Å². The van der Waals surface area contributed by atoms with E-state index in [1.807, 2.05) is 0 Å². The Morgan fingerprint density at radius 3 is 2.65 bits per heavy atom. The highest BCUT2D eigenvalue weighted by atomic mass is 32.2. The fourth-order valence-corrected chi connectivity index (χ4v) is 4.10. The zero-order valence-corrected chi connectivity index (χ0v) is 15.5. The summed E-state index contributed by atoms with van der Waals surface area (Å²) in [5.41, 5.74) is 6.50. The lowest BCUT2D eigenvalue weighted by Gasteiger charge is -2.11. The summed E-state index contributed by atoms with van der Waals surface area (Å²) in [6.45, 7) is 2.64. The van der Waals surface area contributed by atoms with E-state index in [-0.39, 0.29) is 10.9 Å². The van der Waals surface area contributed by atoms with Gasteiger partial charge in [0.1, 0.15) is 5.75 Å². The summed E-state index contributed by atoms with van der Waals surface area (Å²) in [7, 11) is -3.72. The summed E-state index contributed by atoms with van der Waals surface area (Å²) in [6.07, 6.45) is 4.35. The third kappa shape index (κ3) is 3.89. The van der Waals surface area contributed by atoms with Crippen LogP contribution in [0, 0.1) is 0 Å². The highest BCUT2D eigenvalue weighted by Gasteiger charge is 2.20. The molecule has 1 unspecified atom stereocenters. The standard InChI is InChI=1S/C19H23N3O3S/c1-2-6-16(20)11-12-25-17-9-10-19-15(13-17)14-21-22(19)26(23,24)18-7-4-3-5-8-18/h3-5,7-10,13-14,16H,2,6,11-12,20H2,1H3. The van der Waals surface area contributed by atoms with Crippen LogP contribution in [-0.4, -0.2) is 30.3 Å². The molecule has 2 aromatic carbocycles. The molecule has 0 bridgehead atoms. The summed E-state index contributed by atoms with van der Waals surface area (Å²) in [5, 5.41) is 4.78. The van der Waals surface area contributed by atoms with Crippen LogP contribution in [0.5, 0.6) is 5.75 Å². The van der Waals surface area contributed by atoms with Gasteiger partial charge in [-0.2, -0.15) is 17.6 Å². The number of hydrogen-bond donors (Lipinski definition) is 1. The lowest BCUT2D eigenvalue weighted by atomic mass is 10.1. The van der Waals surface area contributed by atoms with Gasteiger partial charge in [0.2, 0.25) is 0 Å². The molecule has 1 atom stereocenters. The van der Waals surface area contributed by atoms with Gasteiger partial charge in [-0.3, -0.25) is 0 Å². The number of aromatic nitrogens is 2. The zero-order valence-electron chi connectivity index (χ0n) is 14.7. The van der Waals surface area contributed by atoms with E-state index in [9.17, 15) is 8.42 Å². The van der Waals surface area contributed by atoms with Crippen molar-refractivity contribution in [3.8, 4) is 5.75 Å². The fourth-order valence-electron chi connectivity index (χ4n) is 2.80. The van der Waals surface area contributed by atoms with Crippen molar-refractivity contribution in [2.75, 3.05) is 6.61 Å². The van der Waals surface area contributed by atoms with Gasteiger partial charge in [0.05, 0.1) is 23.2 Å². The molecule has 2 N–H and O–H groups in total. The molecule has 3 rings (SSSR count). The Morgan fingerprint density at radius 2 is 1.92 bits per heavy atom. The van der Waals surface area contributed by atoms with Crippen molar-refractivity contribution < 1.29 is 13.2 Å². The molecule has 138 valence electrons. The molecule has 0 aliphatic heterocycles. The molecule has 0 spiro atoms. The van der Waals surface area contributed by atoms with Crippen LogP contribution in [0.4, 0.5) is 0 Å². The van der Waals surface area contributed by atoms with Crippen molar-refractivity contribution in [1.82, 2.24) is 9.19 Å². The molecule has 0 fully saturated rings. The lowest BCUT2D eigenvalue weighted by molar-refractivity contribution is 0.294. The van der Waals surface area contributed by atoms with Crippen molar-refractivity contribution in [3.05, 3.63) is 54.7 Å². The predicted octanol–water partition coefficient (Wildman–Crippen LogP) is 3.17. The maximum absolute atomic E-state index is 12.8. The molecule has 26 heavy (non-hydrogen) atoms. The van der Waals surface area contributed by atoms with E-state index in [2.05, 4.69) is 12.0 Å². The van der Waals surface area contributed by atoms with Crippen LogP contribution in [0.1, 0.15) is 26.2 Å². The molecule has 0 amide bonds. The Balaban J connectivity index is 1.79. The first-order valence-electron chi connectivity index (χ1n) is 8.69. The van der Waals surface area contributed by atoms with Crippen LogP contribution in [0.15, 0.2) is 59.6 Å². The van der Waals surface area contributed by atoms with Crippen LogP contribution in [-0.2, 0) is 10.0 Å². The summed E-state index contributed by atoms with van der Waals surface area (Å²) in [4.78, 5) is 0.204. The predicted molar refractivity (Wildman–Crippen MR) is 102 cm³/mol. The van der Waals surface area contributed by atoms with Gasteiger partial charge < -0.3 is 10.5 Å². The number of ether oxygens (including phenoxy) is 1. The number of fused-ring (bicyclic) bond motifs is 1. The first kappa shape index (κ1) is 18.4. The van der Waals surface area contributed by atoms with Crippen molar-refractivity contribution in [1.29, 1.82) is 0 Å². The molecular formula is C19H23N3O3S. The van der Waals surface area contributed by atoms with Gasteiger partial charge in [-0.1, -0.05) is 31.5 Å². The molecule has 1 aromatic heterocycles. The molecule has 6 nitrogen and oxygen atoms in total. The molecule has 0 radical (unpaired) electrons. The number of rotatable bonds is 8. The van der Waals surface area contributed by atoms with Gasteiger partial charge in [-0.05, 0) is 43.2 Å². The minimum atomic E-state index is -3.72. The van der Waals surface area contributed by atoms with Crippen molar-refractivity contribution in [2.45, 2.75) is 37.1 Å². The monoisotopic (exact) mass is 373 g/mol. The van der Waals surface area contributed by atoms with E-state index < -0.39 is 10.0 Å². The highest BCUT2D eigenvalue weighted by molar-refractivity contribution is 7.90. The largest absolute Gasteiger partial charge is 0.494 e. The van der Waals surface area contributed by atoms with Crippen molar-refractivity contribution in [2.24, 2.45) is 5.73 Å². The van der Waals surface area contributed by atoms with Crippen LogP contribution in [0.2, 0.25) is 0 Å². The van der Waals surface area contributed by atoms with E-state index in [4.69, 9.17) is 10.5 Å². The van der Waals surface area contributed by atoms with Gasteiger partial charge in [-0.25, -0.2) is 0 Å². The molecular weight excluding hydrogens is 350 g/mol. The van der Waals surface area contributed by atoms with Gasteiger partial charge in [0.15, 0.2) is 0 Å². The first-order chi connectivity index (χ1) is 12.5. The Kier molecular flexibility index (Phi) is 5.58. The lowest BCUT2D eigenvalue weighted by Crippen LogP contribution is -2.22. The highest BCUT2D eigenvalue weighted by Crippen LogP contribution is 2.24. The molecule has 3 aromatic rings. The maximum atomic E-state index is 12.8. The van der Waals surface area contributed by atoms with E-state index in [0.29, 0.717) is 23.3 Å². The van der Waals surface area contributed by atoms with Crippen LogP contribution in [0.3, 0.4) is 0 Å². The van der Waals surface area contributed by atoms with E-state index in [1.165, 1.54) is 6.20 Å². The summed E-state index contributed by atoms with van der Waals surface area (Å²) in [6, 6.07) is 13.7. The molecule has 1 heterocycles. The minimum Gasteiger partial charge on any atom is -0.494 e. The number of hydrogen-bond acceptors (Lipinski definition) is 5. The normalized spacial score (nSPS) is 13.0. The Hall–Kier alpha value is -2.38. The van der Waals surface area contributed by atoms with Gasteiger partial charge in [0.25, 0.3) is 10.0 Å². The summed E-state index contributed by atoms with van der Waals surface area (Å²) >= 11 is 0. The third-order valence-corrected chi connectivity index (χ3v) is 5.81. The second kappa shape index (κ2) is 7.88. The fraction of sp³-hybridized carbons (Fsp3) is 0.316. The van der Waals surface area contributed by atoms with Crippen LogP contribution < -0.4 is 10.5 Å². The average Bonchev–Trinajstić information content (AvgIpc) is 3.07. The quantitative estimate of drug-likeness (QED) is 0.655. The molecule has 0 aliphatic carbocycles. The number of benzene rings is 2. The first-order valence-corrected chi connectivity index (χ1v) is 10.1. The van der Waals surface area contributed by atoms with Crippen molar-refractivity contribution >= 4 is 20.9 Å². The minimum absolute atomic E-state index is 0.141. The van der Waals surface area contributed by atoms with E-state index >= 15 is 0 Å². The Morgan fingerprint density at radius 1 is 1.15 bits per heavy atom. The van der Waals surface area contributed by atoms with Crippen LogP contribution >= 0.6 is 0 Å². The van der Waals surface area contributed by atoms with E-state index in [1.54, 1.807) is 48.5 Å². The van der Waals surface area contributed by atoms with Gasteiger partial charge in [0, 0.05) is 11.4 Å². The van der Waals surface area contributed by atoms with Crippen LogP contribution in [0.25, 0.3) is 10.9 Å². The summed E-state index contributed by atoms with van der Waals surface area (Å²) in [5.74, 6) is 0.679. The zero-order chi connectivity index (χ0) is 18.6. The maximum Gasteiger partial charge on any atom is 0.283 e. The second-order valence-corrected chi connectivity index (χ2v) is 7.98. The Labute approximate surface area is 153 Å². The smallest absolute Gasteiger partial charge is 0.283 e. The molecule has 0 saturated heterocycles. The Bertz CT molecular complexity index is 968. The third-order valence-electron chi connectivity index (χ3n) is 4.19. The average molecular weight is 373 g/mol. The number of nitrogens with two attached hydrogens (primary N) is 1. The molecule has 0 aliphatic rings. The van der Waals surface area contributed by atoms with Gasteiger partial charge in [-0.15, -0.1) is 0 Å². The SMILES string of the molecule is CCCC(N)CCOc1ccc2c(cnn2S(=O)(=O)c2ccccc2)c1. The van der Waals surface area contributed by atoms with Crippen molar-refractivity contribution in [3.63, 3.8) is 0 Å². The summed E-state index contributed by atoms with van der Waals surface area (Å²) < 4.78 is 32.3. The molecule has 0 saturated carbocycles. The van der Waals surface area contributed by atoms with Gasteiger partial charge >= 0.3 is 0 Å². The number of nitrogens with zero attached hydrogens (tertiary/aromatic N) is 2.